The Morgan fingerprint density at radius 3 is 2.83 bits per heavy atom. The molecule has 0 saturated heterocycles. The number of pyridine rings is 1. The number of aryl methyl sites for hydroxylation is 2. The van der Waals surface area contributed by atoms with Crippen LogP contribution in [0.25, 0.3) is 0 Å². The van der Waals surface area contributed by atoms with Crippen LogP contribution in [0.15, 0.2) is 30.7 Å². The molecule has 0 bridgehead atoms. The van der Waals surface area contributed by atoms with E-state index in [1.54, 1.807) is 0 Å². The molecule has 2 heterocycles. The summed E-state index contributed by atoms with van der Waals surface area (Å²) in [7, 11) is 2.01. The molecule has 0 aromatic carbocycles. The highest BCUT2D eigenvalue weighted by Crippen LogP contribution is 2.11. The fourth-order valence-corrected chi connectivity index (χ4v) is 2.09. The smallest absolute Gasteiger partial charge is 0.125 e. The summed E-state index contributed by atoms with van der Waals surface area (Å²) >= 11 is 0. The third-order valence-corrected chi connectivity index (χ3v) is 3.19. The summed E-state index contributed by atoms with van der Waals surface area (Å²) < 4.78 is 2.04. The number of imidazole rings is 1. The topological polar surface area (TPSA) is 42.7 Å². The van der Waals surface area contributed by atoms with Crippen LogP contribution in [0.4, 0.5) is 0 Å². The normalized spacial score (nSPS) is 12.6. The van der Waals surface area contributed by atoms with Gasteiger partial charge in [-0.05, 0) is 25.0 Å². The molecule has 0 aliphatic rings. The molecular formula is C14H20N4. The van der Waals surface area contributed by atoms with E-state index in [2.05, 4.69) is 35.2 Å². The lowest BCUT2D eigenvalue weighted by Crippen LogP contribution is -2.22. The van der Waals surface area contributed by atoms with E-state index < -0.39 is 0 Å². The van der Waals surface area contributed by atoms with Crippen molar-refractivity contribution >= 4 is 0 Å². The minimum absolute atomic E-state index is 0.219. The van der Waals surface area contributed by atoms with Crippen LogP contribution in [-0.2, 0) is 20.0 Å². The summed E-state index contributed by atoms with van der Waals surface area (Å²) in [5, 5.41) is 3.47. The largest absolute Gasteiger partial charge is 0.337 e. The molecule has 0 amide bonds. The highest BCUT2D eigenvalue weighted by molar-refractivity contribution is 5.19. The average molecular weight is 244 g/mol. The lowest BCUT2D eigenvalue weighted by molar-refractivity contribution is 0.523. The summed E-state index contributed by atoms with van der Waals surface area (Å²) in [6, 6.07) is 4.34. The van der Waals surface area contributed by atoms with Gasteiger partial charge in [0.1, 0.15) is 5.82 Å². The van der Waals surface area contributed by atoms with Crippen molar-refractivity contribution in [1.29, 1.82) is 0 Å². The van der Waals surface area contributed by atoms with Crippen LogP contribution < -0.4 is 5.32 Å². The first-order valence-electron chi connectivity index (χ1n) is 6.35. The van der Waals surface area contributed by atoms with Crippen LogP contribution in [0, 0.1) is 0 Å². The Hall–Kier alpha value is -1.68. The summed E-state index contributed by atoms with van der Waals surface area (Å²) in [5.41, 5.74) is 2.43. The predicted molar refractivity (Wildman–Crippen MR) is 72.1 cm³/mol. The fourth-order valence-electron chi connectivity index (χ4n) is 2.09. The van der Waals surface area contributed by atoms with Gasteiger partial charge in [-0.3, -0.25) is 4.98 Å². The summed E-state index contributed by atoms with van der Waals surface area (Å²) in [4.78, 5) is 8.79. The molecule has 1 N–H and O–H groups in total. The lowest BCUT2D eigenvalue weighted by atomic mass is 10.1. The van der Waals surface area contributed by atoms with Crippen molar-refractivity contribution in [1.82, 2.24) is 19.9 Å². The van der Waals surface area contributed by atoms with Crippen LogP contribution >= 0.6 is 0 Å². The van der Waals surface area contributed by atoms with Crippen LogP contribution in [0.3, 0.4) is 0 Å². The molecule has 4 nitrogen and oxygen atoms in total. The molecule has 1 unspecified atom stereocenters. The summed E-state index contributed by atoms with van der Waals surface area (Å²) in [6.45, 7) is 5.05. The highest BCUT2D eigenvalue weighted by atomic mass is 15.1. The van der Waals surface area contributed by atoms with E-state index in [0.717, 1.165) is 24.5 Å². The van der Waals surface area contributed by atoms with Gasteiger partial charge in [-0.1, -0.05) is 13.0 Å². The minimum Gasteiger partial charge on any atom is -0.337 e. The third-order valence-electron chi connectivity index (χ3n) is 3.19. The first kappa shape index (κ1) is 12.8. The van der Waals surface area contributed by atoms with Gasteiger partial charge in [0.15, 0.2) is 0 Å². The monoisotopic (exact) mass is 244 g/mol. The quantitative estimate of drug-likeness (QED) is 0.877. The molecule has 0 fully saturated rings. The molecule has 2 aromatic rings. The van der Waals surface area contributed by atoms with Crippen molar-refractivity contribution < 1.29 is 0 Å². The van der Waals surface area contributed by atoms with Gasteiger partial charge in [0.2, 0.25) is 0 Å². The molecule has 4 heteroatoms. The number of nitrogens with one attached hydrogen (secondary N) is 1. The van der Waals surface area contributed by atoms with Gasteiger partial charge in [0.05, 0.1) is 11.7 Å². The van der Waals surface area contributed by atoms with Crippen molar-refractivity contribution in [2.45, 2.75) is 32.9 Å². The van der Waals surface area contributed by atoms with Crippen LogP contribution in [0.2, 0.25) is 0 Å². The Morgan fingerprint density at radius 2 is 2.17 bits per heavy atom. The number of aromatic nitrogens is 3. The zero-order valence-corrected chi connectivity index (χ0v) is 11.2. The molecule has 0 saturated carbocycles. The van der Waals surface area contributed by atoms with Gasteiger partial charge >= 0.3 is 0 Å². The molecule has 1 atom stereocenters. The predicted octanol–water partition coefficient (Wildman–Crippen LogP) is 2.23. The zero-order valence-electron chi connectivity index (χ0n) is 11.2. The number of hydrogen-bond acceptors (Lipinski definition) is 3. The SMILES string of the molecule is CCc1cccnc1CNC(C)c1nccn1C. The van der Waals surface area contributed by atoms with E-state index in [1.807, 2.05) is 36.3 Å². The molecule has 2 aromatic heterocycles. The maximum absolute atomic E-state index is 4.44. The summed E-state index contributed by atoms with van der Waals surface area (Å²) in [6.07, 6.45) is 6.65. The second kappa shape index (κ2) is 5.78. The van der Waals surface area contributed by atoms with E-state index in [0.29, 0.717) is 0 Å². The third kappa shape index (κ3) is 2.76. The van der Waals surface area contributed by atoms with Crippen LogP contribution in [0.1, 0.15) is 37.0 Å². The van der Waals surface area contributed by atoms with Crippen molar-refractivity contribution in [2.75, 3.05) is 0 Å². The lowest BCUT2D eigenvalue weighted by Gasteiger charge is -2.14. The molecule has 0 aliphatic heterocycles. The van der Waals surface area contributed by atoms with E-state index in [1.165, 1.54) is 5.56 Å². The highest BCUT2D eigenvalue weighted by Gasteiger charge is 2.10. The average Bonchev–Trinajstić information content (AvgIpc) is 2.82. The van der Waals surface area contributed by atoms with Crippen molar-refractivity contribution in [2.24, 2.45) is 7.05 Å². The fraction of sp³-hybridized carbons (Fsp3) is 0.429. The van der Waals surface area contributed by atoms with Gasteiger partial charge < -0.3 is 9.88 Å². The van der Waals surface area contributed by atoms with E-state index in [9.17, 15) is 0 Å². The Balaban J connectivity index is 2.01. The molecule has 18 heavy (non-hydrogen) atoms. The Kier molecular flexibility index (Phi) is 4.10. The van der Waals surface area contributed by atoms with Crippen molar-refractivity contribution in [3.63, 3.8) is 0 Å². The number of hydrogen-bond donors (Lipinski definition) is 1. The number of nitrogens with zero attached hydrogens (tertiary/aromatic N) is 3. The first-order chi connectivity index (χ1) is 8.72. The zero-order chi connectivity index (χ0) is 13.0. The standard InChI is InChI=1S/C14H20N4/c1-4-12-6-5-7-15-13(12)10-17-11(2)14-16-8-9-18(14)3/h5-9,11,17H,4,10H2,1-3H3. The molecule has 0 aliphatic carbocycles. The van der Waals surface area contributed by atoms with Crippen LogP contribution in [0.5, 0.6) is 0 Å². The van der Waals surface area contributed by atoms with E-state index in [-0.39, 0.29) is 6.04 Å². The molecule has 0 radical (unpaired) electrons. The van der Waals surface area contributed by atoms with E-state index >= 15 is 0 Å². The van der Waals surface area contributed by atoms with Gasteiger partial charge in [0.25, 0.3) is 0 Å². The summed E-state index contributed by atoms with van der Waals surface area (Å²) in [5.74, 6) is 1.05. The second-order valence-electron chi connectivity index (χ2n) is 4.46. The maximum Gasteiger partial charge on any atom is 0.125 e. The van der Waals surface area contributed by atoms with Gasteiger partial charge in [-0.2, -0.15) is 0 Å². The van der Waals surface area contributed by atoms with Gasteiger partial charge in [0, 0.05) is 32.2 Å². The first-order valence-corrected chi connectivity index (χ1v) is 6.35. The van der Waals surface area contributed by atoms with E-state index in [4.69, 9.17) is 0 Å². The minimum atomic E-state index is 0.219. The molecule has 96 valence electrons. The van der Waals surface area contributed by atoms with Crippen molar-refractivity contribution in [3.8, 4) is 0 Å². The number of rotatable bonds is 5. The van der Waals surface area contributed by atoms with Crippen molar-refractivity contribution in [3.05, 3.63) is 47.8 Å². The van der Waals surface area contributed by atoms with Gasteiger partial charge in [-0.25, -0.2) is 4.98 Å². The van der Waals surface area contributed by atoms with Gasteiger partial charge in [-0.15, -0.1) is 0 Å². The maximum atomic E-state index is 4.44. The van der Waals surface area contributed by atoms with Crippen LogP contribution in [-0.4, -0.2) is 14.5 Å². The Morgan fingerprint density at radius 1 is 1.33 bits per heavy atom. The molecular weight excluding hydrogens is 224 g/mol. The molecule has 0 spiro atoms. The molecule has 2 rings (SSSR count). The Labute approximate surface area is 108 Å². The Bertz CT molecular complexity index is 504. The second-order valence-corrected chi connectivity index (χ2v) is 4.46.